The minimum absolute atomic E-state index is 0.369. The smallest absolute Gasteiger partial charge is 0.206 e. The predicted octanol–water partition coefficient (Wildman–Crippen LogP) is 6.59. The molecule has 0 aliphatic rings. The average Bonchev–Trinajstić information content (AvgIpc) is 2.51. The second kappa shape index (κ2) is 7.77. The Labute approximate surface area is 141 Å². The van der Waals surface area contributed by atoms with Gasteiger partial charge in [0.05, 0.1) is 4.48 Å². The molecule has 0 nitrogen and oxygen atoms in total. The first-order valence-electron chi connectivity index (χ1n) is 7.16. The van der Waals surface area contributed by atoms with Gasteiger partial charge in [-0.05, 0) is 57.2 Å². The number of aryl methyl sites for hydroxylation is 1. The van der Waals surface area contributed by atoms with E-state index in [1.807, 2.05) is 12.1 Å². The van der Waals surface area contributed by atoms with Crippen LogP contribution in [-0.2, 0) is 6.42 Å². The summed E-state index contributed by atoms with van der Waals surface area (Å²) in [5.41, 5.74) is 1.71. The summed E-state index contributed by atoms with van der Waals surface area (Å²) in [6, 6.07) is 9.71. The predicted molar refractivity (Wildman–Crippen MR) is 88.7 cm³/mol. The Bertz CT molecular complexity index is 682. The molecule has 0 saturated heterocycles. The van der Waals surface area contributed by atoms with E-state index in [-0.39, 0.29) is 0 Å². The largest absolute Gasteiger partial charge is 0.270 e. The number of alkyl halides is 2. The Morgan fingerprint density at radius 1 is 1.04 bits per heavy atom. The van der Waals surface area contributed by atoms with Crippen LogP contribution in [0.25, 0.3) is 17.2 Å². The van der Waals surface area contributed by atoms with Crippen molar-refractivity contribution in [1.29, 1.82) is 0 Å². The van der Waals surface area contributed by atoms with E-state index in [0.29, 0.717) is 11.1 Å². The van der Waals surface area contributed by atoms with Crippen molar-refractivity contribution >= 4 is 22.0 Å². The van der Waals surface area contributed by atoms with Crippen molar-refractivity contribution in [2.45, 2.75) is 26.2 Å². The van der Waals surface area contributed by atoms with E-state index >= 15 is 0 Å². The molecule has 0 radical (unpaired) electrons. The maximum absolute atomic E-state index is 14.1. The van der Waals surface area contributed by atoms with Gasteiger partial charge in [-0.15, -0.1) is 0 Å². The van der Waals surface area contributed by atoms with Gasteiger partial charge in [0.15, 0.2) is 0 Å². The highest BCUT2D eigenvalue weighted by Gasteiger charge is 2.14. The third-order valence-electron chi connectivity index (χ3n) is 3.40. The molecule has 0 heterocycles. The fourth-order valence-corrected chi connectivity index (χ4v) is 2.47. The van der Waals surface area contributed by atoms with E-state index in [4.69, 9.17) is 0 Å². The van der Waals surface area contributed by atoms with Crippen LogP contribution < -0.4 is 0 Å². The van der Waals surface area contributed by atoms with Gasteiger partial charge in [-0.25, -0.2) is 17.6 Å². The minimum Gasteiger partial charge on any atom is -0.206 e. The standard InChI is InChI=1S/C18H15BrF4/c1-2-3-11-4-6-12(7-5-11)13-8-16(20)14(17(21)9-13)10-15(19)18(22)23/h4-10,18H,2-3H2,1H3/b15-10+. The first-order chi connectivity index (χ1) is 10.9. The Morgan fingerprint density at radius 2 is 1.61 bits per heavy atom. The summed E-state index contributed by atoms with van der Waals surface area (Å²) in [6.07, 6.45) is -0.0971. The van der Waals surface area contributed by atoms with Crippen LogP contribution in [0.3, 0.4) is 0 Å². The van der Waals surface area contributed by atoms with Gasteiger partial charge in [-0.2, -0.15) is 0 Å². The van der Waals surface area contributed by atoms with Crippen LogP contribution in [0.2, 0.25) is 0 Å². The van der Waals surface area contributed by atoms with E-state index in [0.717, 1.165) is 36.6 Å². The van der Waals surface area contributed by atoms with Gasteiger partial charge in [0, 0.05) is 5.56 Å². The highest BCUT2D eigenvalue weighted by Crippen LogP contribution is 2.28. The summed E-state index contributed by atoms with van der Waals surface area (Å²) in [7, 11) is 0. The van der Waals surface area contributed by atoms with Crippen LogP contribution in [0.4, 0.5) is 17.6 Å². The van der Waals surface area contributed by atoms with Gasteiger partial charge < -0.3 is 0 Å². The van der Waals surface area contributed by atoms with E-state index in [1.165, 1.54) is 0 Å². The van der Waals surface area contributed by atoms with Crippen molar-refractivity contribution < 1.29 is 17.6 Å². The maximum Gasteiger partial charge on any atom is 0.270 e. The molecule has 5 heteroatoms. The second-order valence-corrected chi connectivity index (χ2v) is 6.05. The molecule has 0 aliphatic heterocycles. The van der Waals surface area contributed by atoms with Crippen molar-refractivity contribution in [3.05, 3.63) is 63.6 Å². The highest BCUT2D eigenvalue weighted by molar-refractivity contribution is 9.11. The Hall–Kier alpha value is -1.62. The Morgan fingerprint density at radius 3 is 2.09 bits per heavy atom. The van der Waals surface area contributed by atoms with Crippen molar-refractivity contribution in [2.24, 2.45) is 0 Å². The summed E-state index contributed by atoms with van der Waals surface area (Å²) in [5.74, 6) is -1.76. The molecule has 2 aromatic rings. The number of benzene rings is 2. The van der Waals surface area contributed by atoms with Crippen molar-refractivity contribution in [3.63, 3.8) is 0 Å². The first kappa shape index (κ1) is 17.7. The second-order valence-electron chi connectivity index (χ2n) is 5.13. The molecule has 0 aromatic heterocycles. The molecule has 23 heavy (non-hydrogen) atoms. The minimum atomic E-state index is -2.82. The van der Waals surface area contributed by atoms with Gasteiger partial charge in [0.1, 0.15) is 11.6 Å². The van der Waals surface area contributed by atoms with Crippen molar-refractivity contribution in [3.8, 4) is 11.1 Å². The lowest BCUT2D eigenvalue weighted by Gasteiger charge is -2.08. The van der Waals surface area contributed by atoms with Crippen LogP contribution in [0.5, 0.6) is 0 Å². The van der Waals surface area contributed by atoms with Gasteiger partial charge in [0.25, 0.3) is 6.43 Å². The van der Waals surface area contributed by atoms with Crippen molar-refractivity contribution in [2.75, 3.05) is 0 Å². The normalized spacial score (nSPS) is 12.0. The third kappa shape index (κ3) is 4.44. The first-order valence-corrected chi connectivity index (χ1v) is 7.95. The lowest BCUT2D eigenvalue weighted by atomic mass is 10.0. The third-order valence-corrected chi connectivity index (χ3v) is 3.97. The fourth-order valence-electron chi connectivity index (χ4n) is 2.24. The molecule has 0 N–H and O–H groups in total. The summed E-state index contributed by atoms with van der Waals surface area (Å²) in [6.45, 7) is 2.07. The zero-order chi connectivity index (χ0) is 17.0. The molecule has 122 valence electrons. The van der Waals surface area contributed by atoms with Gasteiger partial charge >= 0.3 is 0 Å². The number of allylic oxidation sites excluding steroid dienone is 1. The number of halogens is 5. The lowest BCUT2D eigenvalue weighted by molar-refractivity contribution is 0.202. The molecule has 0 unspecified atom stereocenters. The SMILES string of the molecule is CCCc1ccc(-c2cc(F)c(/C=C(/Br)C(F)F)c(F)c2)cc1. The summed E-state index contributed by atoms with van der Waals surface area (Å²) in [5, 5.41) is 0. The van der Waals surface area contributed by atoms with Gasteiger partial charge in [-0.3, -0.25) is 0 Å². The van der Waals surface area contributed by atoms with Crippen molar-refractivity contribution in [1.82, 2.24) is 0 Å². The zero-order valence-electron chi connectivity index (χ0n) is 12.4. The number of hydrogen-bond donors (Lipinski definition) is 0. The van der Waals surface area contributed by atoms with Gasteiger partial charge in [-0.1, -0.05) is 37.6 Å². The molecule has 0 fully saturated rings. The van der Waals surface area contributed by atoms with Crippen LogP contribution in [-0.4, -0.2) is 6.43 Å². The lowest BCUT2D eigenvalue weighted by Crippen LogP contribution is -1.95. The summed E-state index contributed by atoms with van der Waals surface area (Å²) >= 11 is 2.61. The maximum atomic E-state index is 14.1. The van der Waals surface area contributed by atoms with E-state index in [2.05, 4.69) is 22.9 Å². The van der Waals surface area contributed by atoms with E-state index in [1.54, 1.807) is 12.1 Å². The molecular weight excluding hydrogens is 372 g/mol. The Kier molecular flexibility index (Phi) is 5.99. The van der Waals surface area contributed by atoms with E-state index < -0.39 is 28.1 Å². The highest BCUT2D eigenvalue weighted by atomic mass is 79.9. The molecule has 0 saturated carbocycles. The Balaban J connectivity index is 2.37. The molecular formula is C18H15BrF4. The summed E-state index contributed by atoms with van der Waals surface area (Å²) in [4.78, 5) is 0. The number of hydrogen-bond acceptors (Lipinski definition) is 0. The average molecular weight is 387 g/mol. The fraction of sp³-hybridized carbons (Fsp3) is 0.222. The molecule has 2 rings (SSSR count). The quantitative estimate of drug-likeness (QED) is 0.508. The molecule has 0 atom stereocenters. The molecule has 0 bridgehead atoms. The van der Waals surface area contributed by atoms with Crippen LogP contribution in [0, 0.1) is 11.6 Å². The topological polar surface area (TPSA) is 0 Å². The molecule has 0 amide bonds. The van der Waals surface area contributed by atoms with Crippen LogP contribution >= 0.6 is 15.9 Å². The molecule has 0 spiro atoms. The molecule has 2 aromatic carbocycles. The summed E-state index contributed by atoms with van der Waals surface area (Å²) < 4.78 is 52.5. The zero-order valence-corrected chi connectivity index (χ0v) is 14.0. The van der Waals surface area contributed by atoms with E-state index in [9.17, 15) is 17.6 Å². The van der Waals surface area contributed by atoms with Crippen LogP contribution in [0.1, 0.15) is 24.5 Å². The molecule has 0 aliphatic carbocycles. The number of rotatable bonds is 5. The monoisotopic (exact) mass is 386 g/mol. The van der Waals surface area contributed by atoms with Gasteiger partial charge in [0.2, 0.25) is 0 Å². The van der Waals surface area contributed by atoms with Crippen LogP contribution in [0.15, 0.2) is 40.9 Å².